The number of sulfonamides is 1. The summed E-state index contributed by atoms with van der Waals surface area (Å²) in [7, 11) is -3.95. The zero-order valence-electron chi connectivity index (χ0n) is 12.7. The van der Waals surface area contributed by atoms with Gasteiger partial charge in [-0.25, -0.2) is 8.42 Å². The average molecular weight is 422 g/mol. The van der Waals surface area contributed by atoms with E-state index in [1.807, 2.05) is 6.92 Å². The highest BCUT2D eigenvalue weighted by atomic mass is 79.9. The Labute approximate surface area is 147 Å². The summed E-state index contributed by atoms with van der Waals surface area (Å²) >= 11 is 2.82. The minimum absolute atomic E-state index is 0.00108. The molecule has 1 N–H and O–H groups in total. The number of hydrogen-bond donors (Lipinski definition) is 1. The molecule has 0 heterocycles. The molecule has 2 aromatic rings. The third kappa shape index (κ3) is 4.51. The molecular formula is C16H15BrF3NO2S. The fourth-order valence-corrected chi connectivity index (χ4v) is 3.66. The fraction of sp³-hybridized carbons (Fsp3) is 0.250. The van der Waals surface area contributed by atoms with E-state index < -0.39 is 21.8 Å². The van der Waals surface area contributed by atoms with Crippen LogP contribution in [0, 0.1) is 0 Å². The standard InChI is InChI=1S/C16H15BrF3NO2S/c1-2-3-11-4-7-13(8-5-11)24(22,23)21-12-6-9-15(17)14(10-12)16(18,19)20/h4-10,21H,2-3H2,1H3. The van der Waals surface area contributed by atoms with Crippen LogP contribution in [0.4, 0.5) is 18.9 Å². The lowest BCUT2D eigenvalue weighted by Crippen LogP contribution is -2.14. The summed E-state index contributed by atoms with van der Waals surface area (Å²) in [4.78, 5) is -0.00108. The van der Waals surface area contributed by atoms with E-state index in [2.05, 4.69) is 20.7 Å². The van der Waals surface area contributed by atoms with E-state index in [1.165, 1.54) is 18.2 Å². The molecule has 0 spiro atoms. The van der Waals surface area contributed by atoms with Gasteiger partial charge in [-0.05, 0) is 42.3 Å². The molecule has 8 heteroatoms. The minimum Gasteiger partial charge on any atom is -0.280 e. The number of nitrogens with one attached hydrogen (secondary N) is 1. The second-order valence-electron chi connectivity index (χ2n) is 5.19. The monoisotopic (exact) mass is 421 g/mol. The molecule has 0 radical (unpaired) electrons. The van der Waals surface area contributed by atoms with Gasteiger partial charge in [0, 0.05) is 10.2 Å². The van der Waals surface area contributed by atoms with Crippen molar-refractivity contribution in [2.24, 2.45) is 0 Å². The van der Waals surface area contributed by atoms with Gasteiger partial charge in [0.25, 0.3) is 10.0 Å². The normalized spacial score (nSPS) is 12.2. The summed E-state index contributed by atoms with van der Waals surface area (Å²) < 4.78 is 65.3. The molecule has 0 unspecified atom stereocenters. The molecule has 130 valence electrons. The highest BCUT2D eigenvalue weighted by Crippen LogP contribution is 2.36. The van der Waals surface area contributed by atoms with Crippen LogP contribution in [0.5, 0.6) is 0 Å². The van der Waals surface area contributed by atoms with Gasteiger partial charge in [-0.1, -0.05) is 41.4 Å². The minimum atomic E-state index is -4.58. The van der Waals surface area contributed by atoms with Gasteiger partial charge in [-0.2, -0.15) is 13.2 Å². The lowest BCUT2D eigenvalue weighted by molar-refractivity contribution is -0.138. The van der Waals surface area contributed by atoms with Crippen molar-refractivity contribution in [3.63, 3.8) is 0 Å². The molecule has 0 amide bonds. The number of benzene rings is 2. The third-order valence-corrected chi connectivity index (χ3v) is 5.39. The van der Waals surface area contributed by atoms with Gasteiger partial charge in [-0.3, -0.25) is 4.72 Å². The summed E-state index contributed by atoms with van der Waals surface area (Å²) in [6.45, 7) is 2.01. The van der Waals surface area contributed by atoms with E-state index >= 15 is 0 Å². The van der Waals surface area contributed by atoms with Crippen LogP contribution in [0.3, 0.4) is 0 Å². The number of rotatable bonds is 5. The van der Waals surface area contributed by atoms with Gasteiger partial charge in [0.15, 0.2) is 0 Å². The van der Waals surface area contributed by atoms with Crippen molar-refractivity contribution in [1.82, 2.24) is 0 Å². The van der Waals surface area contributed by atoms with Crippen molar-refractivity contribution < 1.29 is 21.6 Å². The maximum atomic E-state index is 12.9. The molecule has 24 heavy (non-hydrogen) atoms. The Morgan fingerprint density at radius 3 is 2.25 bits per heavy atom. The number of anilines is 1. The SMILES string of the molecule is CCCc1ccc(S(=O)(=O)Nc2ccc(Br)c(C(F)(F)F)c2)cc1. The maximum Gasteiger partial charge on any atom is 0.417 e. The summed E-state index contributed by atoms with van der Waals surface area (Å²) in [5.74, 6) is 0. The van der Waals surface area contributed by atoms with Crippen molar-refractivity contribution in [2.75, 3.05) is 4.72 Å². The predicted octanol–water partition coefficient (Wildman–Crippen LogP) is 5.22. The van der Waals surface area contributed by atoms with Gasteiger partial charge in [0.2, 0.25) is 0 Å². The molecule has 0 aliphatic rings. The molecule has 0 aromatic heterocycles. The van der Waals surface area contributed by atoms with Gasteiger partial charge < -0.3 is 0 Å². The second kappa shape index (κ2) is 7.14. The molecular weight excluding hydrogens is 407 g/mol. The van der Waals surface area contributed by atoms with Gasteiger partial charge in [0.1, 0.15) is 0 Å². The second-order valence-corrected chi connectivity index (χ2v) is 7.73. The van der Waals surface area contributed by atoms with Crippen molar-refractivity contribution >= 4 is 31.6 Å². The summed E-state index contributed by atoms with van der Waals surface area (Å²) in [5.41, 5.74) is -0.0939. The lowest BCUT2D eigenvalue weighted by atomic mass is 10.1. The van der Waals surface area contributed by atoms with Crippen molar-refractivity contribution in [2.45, 2.75) is 30.8 Å². The van der Waals surface area contributed by atoms with Crippen LogP contribution < -0.4 is 4.72 Å². The molecule has 2 aromatic carbocycles. The Kier molecular flexibility index (Phi) is 5.59. The van der Waals surface area contributed by atoms with E-state index in [9.17, 15) is 21.6 Å². The topological polar surface area (TPSA) is 46.2 Å². The van der Waals surface area contributed by atoms with Gasteiger partial charge in [0.05, 0.1) is 10.5 Å². The first-order valence-electron chi connectivity index (χ1n) is 7.12. The highest BCUT2D eigenvalue weighted by molar-refractivity contribution is 9.10. The summed E-state index contributed by atoms with van der Waals surface area (Å²) in [5, 5.41) is 0. The van der Waals surface area contributed by atoms with E-state index in [1.54, 1.807) is 12.1 Å². The lowest BCUT2D eigenvalue weighted by Gasteiger charge is -2.13. The van der Waals surface area contributed by atoms with E-state index in [0.29, 0.717) is 0 Å². The molecule has 0 saturated carbocycles. The molecule has 0 bridgehead atoms. The van der Waals surface area contributed by atoms with Crippen LogP contribution in [0.2, 0.25) is 0 Å². The van der Waals surface area contributed by atoms with Crippen LogP contribution in [-0.4, -0.2) is 8.42 Å². The number of halogens is 4. The van der Waals surface area contributed by atoms with Crippen LogP contribution in [0.15, 0.2) is 51.8 Å². The number of hydrogen-bond acceptors (Lipinski definition) is 2. The first kappa shape index (κ1) is 18.8. The Morgan fingerprint density at radius 1 is 1.08 bits per heavy atom. The zero-order valence-corrected chi connectivity index (χ0v) is 15.1. The van der Waals surface area contributed by atoms with E-state index in [-0.39, 0.29) is 15.1 Å². The molecule has 0 saturated heterocycles. The molecule has 0 atom stereocenters. The fourth-order valence-electron chi connectivity index (χ4n) is 2.14. The number of aryl methyl sites for hydroxylation is 1. The van der Waals surface area contributed by atoms with Crippen LogP contribution in [-0.2, 0) is 22.6 Å². The van der Waals surface area contributed by atoms with Crippen LogP contribution >= 0.6 is 15.9 Å². The number of alkyl halides is 3. The maximum absolute atomic E-state index is 12.9. The van der Waals surface area contributed by atoms with Crippen LogP contribution in [0.25, 0.3) is 0 Å². The smallest absolute Gasteiger partial charge is 0.280 e. The molecule has 0 aliphatic carbocycles. The van der Waals surface area contributed by atoms with Crippen LogP contribution in [0.1, 0.15) is 24.5 Å². The van der Waals surface area contributed by atoms with Crippen molar-refractivity contribution in [3.8, 4) is 0 Å². The van der Waals surface area contributed by atoms with E-state index in [0.717, 1.165) is 30.5 Å². The van der Waals surface area contributed by atoms with Gasteiger partial charge in [-0.15, -0.1) is 0 Å². The van der Waals surface area contributed by atoms with Gasteiger partial charge >= 0.3 is 6.18 Å². The summed E-state index contributed by atoms with van der Waals surface area (Å²) in [6.07, 6.45) is -2.82. The Hall–Kier alpha value is -1.54. The molecule has 3 nitrogen and oxygen atoms in total. The Bertz CT molecular complexity index is 818. The first-order valence-corrected chi connectivity index (χ1v) is 9.39. The first-order chi connectivity index (χ1) is 11.1. The molecule has 2 rings (SSSR count). The largest absolute Gasteiger partial charge is 0.417 e. The highest BCUT2D eigenvalue weighted by Gasteiger charge is 2.33. The average Bonchev–Trinajstić information content (AvgIpc) is 2.49. The zero-order chi connectivity index (χ0) is 18.0. The Balaban J connectivity index is 2.29. The Morgan fingerprint density at radius 2 is 1.71 bits per heavy atom. The third-order valence-electron chi connectivity index (χ3n) is 3.30. The summed E-state index contributed by atoms with van der Waals surface area (Å²) in [6, 6.07) is 9.45. The molecule has 0 fully saturated rings. The predicted molar refractivity (Wildman–Crippen MR) is 90.4 cm³/mol. The van der Waals surface area contributed by atoms with Crippen molar-refractivity contribution in [1.29, 1.82) is 0 Å². The quantitative estimate of drug-likeness (QED) is 0.718. The van der Waals surface area contributed by atoms with Crippen molar-refractivity contribution in [3.05, 3.63) is 58.1 Å². The molecule has 0 aliphatic heterocycles. The van der Waals surface area contributed by atoms with E-state index in [4.69, 9.17) is 0 Å².